The Hall–Kier alpha value is -1.89. The molecule has 0 saturated heterocycles. The van der Waals surface area contributed by atoms with Crippen LogP contribution in [0.15, 0.2) is 29.3 Å². The first-order chi connectivity index (χ1) is 11.6. The van der Waals surface area contributed by atoms with Crippen LogP contribution >= 0.6 is 11.8 Å². The number of nitrogens with zero attached hydrogens (tertiary/aromatic N) is 3. The van der Waals surface area contributed by atoms with Gasteiger partial charge >= 0.3 is 0 Å². The number of nitro benzene ring substituents is 1. The molecule has 1 heterocycles. The van der Waals surface area contributed by atoms with Crippen molar-refractivity contribution in [3.63, 3.8) is 0 Å². The molecule has 0 radical (unpaired) electrons. The first-order valence-corrected chi connectivity index (χ1v) is 9.35. The summed E-state index contributed by atoms with van der Waals surface area (Å²) in [6, 6.07) is 6.62. The van der Waals surface area contributed by atoms with E-state index >= 15 is 0 Å². The van der Waals surface area contributed by atoms with Crippen LogP contribution in [0.4, 0.5) is 5.69 Å². The number of hydrogen-bond acceptors (Lipinski definition) is 5. The van der Waals surface area contributed by atoms with Gasteiger partial charge in [-0.05, 0) is 18.4 Å². The number of benzene rings is 1. The number of thioether (sulfide) groups is 1. The molecule has 0 unspecified atom stereocenters. The Morgan fingerprint density at radius 1 is 1.33 bits per heavy atom. The number of amidine groups is 1. The summed E-state index contributed by atoms with van der Waals surface area (Å²) < 4.78 is 0. The van der Waals surface area contributed by atoms with E-state index in [0.29, 0.717) is 18.8 Å². The topological polar surface area (TPSA) is 75.8 Å². The molecule has 1 aliphatic carbocycles. The van der Waals surface area contributed by atoms with Crippen LogP contribution in [0.1, 0.15) is 37.7 Å². The van der Waals surface area contributed by atoms with E-state index in [1.165, 1.54) is 24.2 Å². The van der Waals surface area contributed by atoms with Gasteiger partial charge in [-0.15, -0.1) is 0 Å². The maximum Gasteiger partial charge on any atom is 0.269 e. The summed E-state index contributed by atoms with van der Waals surface area (Å²) in [5.41, 5.74) is 0.963. The Bertz CT molecular complexity index is 656. The molecule has 0 atom stereocenters. The van der Waals surface area contributed by atoms with Crippen LogP contribution in [0, 0.1) is 16.0 Å². The van der Waals surface area contributed by atoms with Gasteiger partial charge in [0.05, 0.1) is 11.5 Å². The number of amides is 1. The quantitative estimate of drug-likeness (QED) is 0.616. The van der Waals surface area contributed by atoms with Crippen LogP contribution in [0.25, 0.3) is 0 Å². The summed E-state index contributed by atoms with van der Waals surface area (Å²) in [4.78, 5) is 29.4. The number of hydrogen-bond donors (Lipinski definition) is 0. The molecule has 6 nitrogen and oxygen atoms in total. The zero-order chi connectivity index (χ0) is 16.9. The van der Waals surface area contributed by atoms with Crippen molar-refractivity contribution in [2.24, 2.45) is 10.9 Å². The highest BCUT2D eigenvalue weighted by Gasteiger charge is 2.30. The second-order valence-electron chi connectivity index (χ2n) is 6.20. The summed E-state index contributed by atoms with van der Waals surface area (Å²) in [5, 5.41) is 11.6. The molecule has 0 spiro atoms. The lowest BCUT2D eigenvalue weighted by Gasteiger charge is -2.26. The summed E-state index contributed by atoms with van der Waals surface area (Å²) in [5.74, 6) is 0.924. The number of carbonyl (C=O) groups is 1. The Morgan fingerprint density at radius 2 is 2.12 bits per heavy atom. The van der Waals surface area contributed by atoms with Gasteiger partial charge in [0, 0.05) is 30.3 Å². The summed E-state index contributed by atoms with van der Waals surface area (Å²) in [6.45, 7) is 1.31. The lowest BCUT2D eigenvalue weighted by atomic mass is 9.88. The SMILES string of the molecule is O=C(C1CCCCC1)N1CCN=C1SCc1cccc([N+](=O)[O-])c1. The molecule has 1 amide bonds. The van der Waals surface area contributed by atoms with E-state index in [9.17, 15) is 14.9 Å². The van der Waals surface area contributed by atoms with Crippen LogP contribution < -0.4 is 0 Å². The van der Waals surface area contributed by atoms with Crippen LogP contribution in [0.5, 0.6) is 0 Å². The van der Waals surface area contributed by atoms with E-state index in [4.69, 9.17) is 0 Å². The van der Waals surface area contributed by atoms with E-state index < -0.39 is 0 Å². The first-order valence-electron chi connectivity index (χ1n) is 8.37. The standard InChI is InChI=1S/C17H21N3O3S/c21-16(14-6-2-1-3-7-14)19-10-9-18-17(19)24-12-13-5-4-8-15(11-13)20(22)23/h4-5,8,11,14H,1-3,6-7,9-10,12H2. The number of non-ortho nitro benzene ring substituents is 1. The highest BCUT2D eigenvalue weighted by molar-refractivity contribution is 8.13. The van der Waals surface area contributed by atoms with Gasteiger partial charge in [0.1, 0.15) is 0 Å². The van der Waals surface area contributed by atoms with Gasteiger partial charge < -0.3 is 0 Å². The normalized spacial score (nSPS) is 18.5. The summed E-state index contributed by atoms with van der Waals surface area (Å²) >= 11 is 1.49. The molecule has 0 bridgehead atoms. The van der Waals surface area contributed by atoms with Crippen LogP contribution in [0.3, 0.4) is 0 Å². The molecule has 1 saturated carbocycles. The summed E-state index contributed by atoms with van der Waals surface area (Å²) in [7, 11) is 0. The molecule has 7 heteroatoms. The van der Waals surface area contributed by atoms with Gasteiger partial charge in [-0.2, -0.15) is 0 Å². The van der Waals surface area contributed by atoms with Gasteiger partial charge in [-0.25, -0.2) is 0 Å². The molecule has 128 valence electrons. The van der Waals surface area contributed by atoms with E-state index in [2.05, 4.69) is 4.99 Å². The van der Waals surface area contributed by atoms with Gasteiger partial charge in [-0.1, -0.05) is 43.2 Å². The van der Waals surface area contributed by atoms with Crippen LogP contribution in [-0.2, 0) is 10.5 Å². The second-order valence-corrected chi connectivity index (χ2v) is 7.15. The molecule has 3 rings (SSSR count). The number of nitro groups is 1. The largest absolute Gasteiger partial charge is 0.289 e. The molecule has 0 N–H and O–H groups in total. The van der Waals surface area contributed by atoms with Crippen LogP contribution in [0.2, 0.25) is 0 Å². The third-order valence-electron chi connectivity index (χ3n) is 4.51. The van der Waals surface area contributed by atoms with E-state index in [-0.39, 0.29) is 22.4 Å². The molecule has 1 aromatic rings. The summed E-state index contributed by atoms with van der Waals surface area (Å²) in [6.07, 6.45) is 5.47. The molecule has 1 fully saturated rings. The Morgan fingerprint density at radius 3 is 2.88 bits per heavy atom. The first kappa shape index (κ1) is 17.0. The van der Waals surface area contributed by atoms with Crippen molar-refractivity contribution in [1.82, 2.24) is 4.90 Å². The minimum Gasteiger partial charge on any atom is -0.289 e. The third kappa shape index (κ3) is 3.95. The molecular weight excluding hydrogens is 326 g/mol. The average molecular weight is 347 g/mol. The Kier molecular flexibility index (Phi) is 5.50. The number of aliphatic imine (C=N–C) groups is 1. The van der Waals surface area contributed by atoms with Gasteiger partial charge in [0.15, 0.2) is 5.17 Å². The van der Waals surface area contributed by atoms with Crippen molar-refractivity contribution < 1.29 is 9.72 Å². The Balaban J connectivity index is 1.61. The highest BCUT2D eigenvalue weighted by atomic mass is 32.2. The fourth-order valence-corrected chi connectivity index (χ4v) is 4.23. The predicted octanol–water partition coefficient (Wildman–Crippen LogP) is 3.61. The van der Waals surface area contributed by atoms with Crippen molar-refractivity contribution in [3.05, 3.63) is 39.9 Å². The zero-order valence-corrected chi connectivity index (χ0v) is 14.3. The third-order valence-corrected chi connectivity index (χ3v) is 5.60. The predicted molar refractivity (Wildman–Crippen MR) is 95.0 cm³/mol. The maximum absolute atomic E-state index is 12.7. The lowest BCUT2D eigenvalue weighted by Crippen LogP contribution is -2.38. The van der Waals surface area contributed by atoms with Crippen molar-refractivity contribution >= 4 is 28.5 Å². The molecular formula is C17H21N3O3S. The van der Waals surface area contributed by atoms with E-state index in [1.54, 1.807) is 12.1 Å². The maximum atomic E-state index is 12.7. The molecule has 1 aromatic carbocycles. The molecule has 24 heavy (non-hydrogen) atoms. The minimum absolute atomic E-state index is 0.0941. The van der Waals surface area contributed by atoms with Crippen molar-refractivity contribution in [1.29, 1.82) is 0 Å². The fourth-order valence-electron chi connectivity index (χ4n) is 3.23. The van der Waals surface area contributed by atoms with Gasteiger partial charge in [0.25, 0.3) is 5.69 Å². The van der Waals surface area contributed by atoms with Gasteiger partial charge in [-0.3, -0.25) is 24.8 Å². The van der Waals surface area contributed by atoms with Crippen molar-refractivity contribution in [3.8, 4) is 0 Å². The van der Waals surface area contributed by atoms with Crippen molar-refractivity contribution in [2.45, 2.75) is 37.9 Å². The monoisotopic (exact) mass is 347 g/mol. The van der Waals surface area contributed by atoms with E-state index in [0.717, 1.165) is 36.4 Å². The average Bonchev–Trinajstić information content (AvgIpc) is 3.09. The number of carbonyl (C=O) groups excluding carboxylic acids is 1. The number of rotatable bonds is 4. The van der Waals surface area contributed by atoms with Gasteiger partial charge in [0.2, 0.25) is 5.91 Å². The fraction of sp³-hybridized carbons (Fsp3) is 0.529. The van der Waals surface area contributed by atoms with E-state index in [1.807, 2.05) is 11.0 Å². The molecule has 0 aromatic heterocycles. The Labute approximate surface area is 145 Å². The lowest BCUT2D eigenvalue weighted by molar-refractivity contribution is -0.384. The van der Waals surface area contributed by atoms with Crippen molar-refractivity contribution in [2.75, 3.05) is 13.1 Å². The molecule has 1 aliphatic heterocycles. The molecule has 2 aliphatic rings. The minimum atomic E-state index is -0.389. The smallest absolute Gasteiger partial charge is 0.269 e. The second kappa shape index (κ2) is 7.79. The van der Waals surface area contributed by atoms with Crippen LogP contribution in [-0.4, -0.2) is 34.0 Å². The zero-order valence-electron chi connectivity index (χ0n) is 13.5. The highest BCUT2D eigenvalue weighted by Crippen LogP contribution is 2.28.